The van der Waals surface area contributed by atoms with Gasteiger partial charge in [0, 0.05) is 31.4 Å². The Labute approximate surface area is 227 Å². The Morgan fingerprint density at radius 1 is 1.05 bits per heavy atom. The van der Waals surface area contributed by atoms with E-state index in [2.05, 4.69) is 4.90 Å². The van der Waals surface area contributed by atoms with Gasteiger partial charge in [-0.1, -0.05) is 42.3 Å². The zero-order chi connectivity index (χ0) is 27.0. The van der Waals surface area contributed by atoms with E-state index in [1.807, 2.05) is 35.2 Å². The number of halogens is 2. The average molecular weight is 558 g/mol. The number of para-hydroxylation sites is 1. The molecule has 0 aliphatic carbocycles. The van der Waals surface area contributed by atoms with Crippen LogP contribution < -0.4 is 4.90 Å². The summed E-state index contributed by atoms with van der Waals surface area (Å²) in [5.41, 5.74) is 1.39. The van der Waals surface area contributed by atoms with E-state index in [1.54, 1.807) is 13.1 Å². The lowest BCUT2D eigenvalue weighted by Gasteiger charge is -2.35. The third kappa shape index (κ3) is 5.03. The van der Waals surface area contributed by atoms with Crippen molar-refractivity contribution in [1.82, 2.24) is 9.21 Å². The predicted molar refractivity (Wildman–Crippen MR) is 146 cm³/mol. The van der Waals surface area contributed by atoms with E-state index in [-0.39, 0.29) is 16.0 Å². The fraction of sp³-hybridized carbons (Fsp3) is 0.321. The van der Waals surface area contributed by atoms with Gasteiger partial charge in [-0.2, -0.15) is 4.31 Å². The Kier molecular flexibility index (Phi) is 7.46. The third-order valence-corrected chi connectivity index (χ3v) is 9.65. The minimum absolute atomic E-state index is 0.0607. The van der Waals surface area contributed by atoms with Gasteiger partial charge in [0.15, 0.2) is 0 Å². The molecule has 3 aromatic carbocycles. The highest BCUT2D eigenvalue weighted by atomic mass is 35.5. The largest absolute Gasteiger partial charge is 0.478 e. The van der Waals surface area contributed by atoms with Gasteiger partial charge in [-0.05, 0) is 67.9 Å². The number of hydrogen-bond acceptors (Lipinski definition) is 5. The van der Waals surface area contributed by atoms with Gasteiger partial charge in [-0.3, -0.25) is 0 Å². The monoisotopic (exact) mass is 557 g/mol. The van der Waals surface area contributed by atoms with E-state index in [1.165, 1.54) is 28.9 Å². The normalized spacial score (nSPS) is 20.1. The van der Waals surface area contributed by atoms with Crippen molar-refractivity contribution < 1.29 is 22.7 Å². The summed E-state index contributed by atoms with van der Waals surface area (Å²) >= 11 is 6.71. The summed E-state index contributed by atoms with van der Waals surface area (Å²) < 4.78 is 43.6. The maximum Gasteiger partial charge on any atom is 0.338 e. The summed E-state index contributed by atoms with van der Waals surface area (Å²) in [6.45, 7) is 2.91. The van der Waals surface area contributed by atoms with Crippen molar-refractivity contribution in [1.29, 1.82) is 0 Å². The SMILES string of the molecule is CN1[C@H](CN2CCCCC2)CN(c2ccccc2)c2cc(Cl)c(-c3ccc(F)c(C(=O)O)c3)cc2S1(=O)=O. The third-order valence-electron chi connectivity index (χ3n) is 7.40. The van der Waals surface area contributed by atoms with Crippen LogP contribution in [0.2, 0.25) is 5.02 Å². The van der Waals surface area contributed by atoms with Gasteiger partial charge >= 0.3 is 5.97 Å². The number of fused-ring (bicyclic) bond motifs is 1. The van der Waals surface area contributed by atoms with Gasteiger partial charge in [0.2, 0.25) is 10.0 Å². The van der Waals surface area contributed by atoms with Crippen LogP contribution in [-0.4, -0.2) is 68.0 Å². The lowest BCUT2D eigenvalue weighted by Crippen LogP contribution is -2.49. The quantitative estimate of drug-likeness (QED) is 0.448. The lowest BCUT2D eigenvalue weighted by atomic mass is 10.0. The molecule has 38 heavy (non-hydrogen) atoms. The van der Waals surface area contributed by atoms with E-state index in [0.717, 1.165) is 37.7 Å². The second kappa shape index (κ2) is 10.6. The molecule has 0 amide bonds. The first-order chi connectivity index (χ1) is 18.2. The summed E-state index contributed by atoms with van der Waals surface area (Å²) in [5.74, 6) is -2.30. The van der Waals surface area contributed by atoms with E-state index in [9.17, 15) is 22.7 Å². The minimum atomic E-state index is -3.96. The van der Waals surface area contributed by atoms with Crippen LogP contribution in [0.4, 0.5) is 15.8 Å². The van der Waals surface area contributed by atoms with E-state index in [4.69, 9.17) is 11.6 Å². The Morgan fingerprint density at radius 2 is 1.76 bits per heavy atom. The average Bonchev–Trinajstić information content (AvgIpc) is 2.98. The van der Waals surface area contributed by atoms with Crippen LogP contribution in [0.25, 0.3) is 11.1 Å². The molecular formula is C28H29ClFN3O4S. The molecule has 2 aliphatic heterocycles. The molecule has 0 unspecified atom stereocenters. The molecule has 7 nitrogen and oxygen atoms in total. The van der Waals surface area contributed by atoms with Gasteiger partial charge in [0.1, 0.15) is 10.7 Å². The molecule has 1 N–H and O–H groups in total. The Balaban J connectivity index is 1.66. The number of hydrogen-bond donors (Lipinski definition) is 1. The fourth-order valence-electron chi connectivity index (χ4n) is 5.28. The topological polar surface area (TPSA) is 81.2 Å². The van der Waals surface area contributed by atoms with Crippen molar-refractivity contribution >= 4 is 39.0 Å². The maximum atomic E-state index is 14.1. The van der Waals surface area contributed by atoms with Crippen LogP contribution in [0, 0.1) is 5.82 Å². The van der Waals surface area contributed by atoms with Gasteiger partial charge in [0.05, 0.1) is 22.3 Å². The molecule has 5 rings (SSSR count). The fourth-order valence-corrected chi connectivity index (χ4v) is 7.08. The number of likely N-dealkylation sites (tertiary alicyclic amines) is 1. The summed E-state index contributed by atoms with van der Waals surface area (Å²) in [5, 5.41) is 9.63. The molecule has 0 bridgehead atoms. The molecule has 200 valence electrons. The van der Waals surface area contributed by atoms with Crippen LogP contribution in [0.5, 0.6) is 0 Å². The van der Waals surface area contributed by atoms with Crippen LogP contribution in [0.3, 0.4) is 0 Å². The lowest BCUT2D eigenvalue weighted by molar-refractivity contribution is 0.0692. The van der Waals surface area contributed by atoms with Crippen LogP contribution in [0.15, 0.2) is 65.6 Å². The molecule has 1 atom stereocenters. The number of likely N-dealkylation sites (N-methyl/N-ethyl adjacent to an activating group) is 1. The molecule has 2 heterocycles. The van der Waals surface area contributed by atoms with Crippen molar-refractivity contribution in [3.05, 3.63) is 77.1 Å². The number of carboxylic acid groups (broad SMARTS) is 1. The molecule has 10 heteroatoms. The Morgan fingerprint density at radius 3 is 2.45 bits per heavy atom. The standard InChI is InChI=1S/C28H29ClFN3O4S/c1-31-21(17-32-12-6-3-7-13-32)18-33(20-8-4-2-5-9-20)26-16-24(29)22(15-27(26)38(31,36)37)19-10-11-25(30)23(14-19)28(34)35/h2,4-5,8-11,14-16,21H,3,6-7,12-13,17-18H2,1H3,(H,34,35)/t21-/m1/s1. The summed E-state index contributed by atoms with van der Waals surface area (Å²) in [6.07, 6.45) is 3.38. The van der Waals surface area contributed by atoms with E-state index >= 15 is 0 Å². The number of rotatable bonds is 5. The summed E-state index contributed by atoms with van der Waals surface area (Å²) in [4.78, 5) is 15.9. The van der Waals surface area contributed by atoms with E-state index < -0.39 is 27.4 Å². The molecule has 0 saturated carbocycles. The number of piperidine rings is 1. The number of aromatic carboxylic acids is 1. The molecule has 2 aliphatic rings. The highest BCUT2D eigenvalue weighted by Gasteiger charge is 2.38. The molecule has 0 spiro atoms. The number of anilines is 2. The van der Waals surface area contributed by atoms with Gasteiger partial charge in [-0.15, -0.1) is 0 Å². The van der Waals surface area contributed by atoms with Crippen molar-refractivity contribution in [2.24, 2.45) is 0 Å². The van der Waals surface area contributed by atoms with Crippen LogP contribution >= 0.6 is 11.6 Å². The smallest absolute Gasteiger partial charge is 0.338 e. The molecular weight excluding hydrogens is 529 g/mol. The summed E-state index contributed by atoms with van der Waals surface area (Å²) in [6, 6.07) is 16.0. The predicted octanol–water partition coefficient (Wildman–Crippen LogP) is 5.47. The Bertz CT molecular complexity index is 1460. The Hall–Kier alpha value is -2.98. The van der Waals surface area contributed by atoms with Crippen molar-refractivity contribution in [3.63, 3.8) is 0 Å². The van der Waals surface area contributed by atoms with Crippen molar-refractivity contribution in [2.75, 3.05) is 38.1 Å². The zero-order valence-electron chi connectivity index (χ0n) is 21.0. The second-order valence-corrected chi connectivity index (χ2v) is 12.2. The maximum absolute atomic E-state index is 14.1. The molecule has 1 saturated heterocycles. The first-order valence-corrected chi connectivity index (χ1v) is 14.4. The highest BCUT2D eigenvalue weighted by Crippen LogP contribution is 2.43. The van der Waals surface area contributed by atoms with E-state index in [0.29, 0.717) is 29.9 Å². The first kappa shape index (κ1) is 26.6. The summed E-state index contributed by atoms with van der Waals surface area (Å²) in [7, 11) is -2.36. The van der Waals surface area contributed by atoms with Crippen LogP contribution in [-0.2, 0) is 10.0 Å². The molecule has 3 aromatic rings. The number of benzene rings is 3. The van der Waals surface area contributed by atoms with Gasteiger partial charge in [-0.25, -0.2) is 17.6 Å². The number of carboxylic acids is 1. The molecule has 0 radical (unpaired) electrons. The van der Waals surface area contributed by atoms with Gasteiger partial charge in [0.25, 0.3) is 0 Å². The number of carbonyl (C=O) groups is 1. The second-order valence-electron chi connectivity index (χ2n) is 9.78. The highest BCUT2D eigenvalue weighted by molar-refractivity contribution is 7.89. The number of sulfonamides is 1. The van der Waals surface area contributed by atoms with Crippen molar-refractivity contribution in [3.8, 4) is 11.1 Å². The number of nitrogens with zero attached hydrogens (tertiary/aromatic N) is 3. The van der Waals surface area contributed by atoms with Crippen LogP contribution in [0.1, 0.15) is 29.6 Å². The van der Waals surface area contributed by atoms with Crippen molar-refractivity contribution in [2.45, 2.75) is 30.2 Å². The first-order valence-electron chi connectivity index (χ1n) is 12.6. The molecule has 1 fully saturated rings. The minimum Gasteiger partial charge on any atom is -0.478 e. The molecule has 0 aromatic heterocycles. The zero-order valence-corrected chi connectivity index (χ0v) is 22.6. The van der Waals surface area contributed by atoms with Gasteiger partial charge < -0.3 is 14.9 Å².